The summed E-state index contributed by atoms with van der Waals surface area (Å²) in [5, 5.41) is 0. The maximum Gasteiger partial charge on any atom is 0.338 e. The molecular weight excluding hydrogens is 408 g/mol. The molecule has 30 heavy (non-hydrogen) atoms. The largest absolute Gasteiger partial charge is 0.459 e. The van der Waals surface area contributed by atoms with Crippen LogP contribution in [0.5, 0.6) is 0 Å². The lowest BCUT2D eigenvalue weighted by Gasteiger charge is -2.16. The van der Waals surface area contributed by atoms with Gasteiger partial charge in [0.25, 0.3) is 5.56 Å². The third-order valence-electron chi connectivity index (χ3n) is 4.35. The van der Waals surface area contributed by atoms with Crippen LogP contribution in [0.15, 0.2) is 76.4 Å². The number of ether oxygens (including phenoxy) is 2. The van der Waals surface area contributed by atoms with Gasteiger partial charge in [-0.2, -0.15) is 0 Å². The lowest BCUT2D eigenvalue weighted by atomic mass is 10.1. The number of alkyl halides is 1. The average molecular weight is 429 g/mol. The van der Waals surface area contributed by atoms with E-state index < -0.39 is 23.3 Å². The lowest BCUT2D eigenvalue weighted by Crippen LogP contribution is -2.34. The third kappa shape index (κ3) is 5.92. The Labute approximate surface area is 177 Å². The summed E-state index contributed by atoms with van der Waals surface area (Å²) in [7, 11) is 0. The normalized spacial score (nSPS) is 11.8. The Morgan fingerprint density at radius 3 is 2.37 bits per heavy atom. The van der Waals surface area contributed by atoms with Gasteiger partial charge in [-0.1, -0.05) is 48.5 Å². The molecule has 7 nitrogen and oxygen atoms in total. The van der Waals surface area contributed by atoms with E-state index in [9.17, 15) is 14.4 Å². The number of carbonyl (C=O) groups is 1. The van der Waals surface area contributed by atoms with Crippen LogP contribution in [0.25, 0.3) is 0 Å². The molecule has 0 bridgehead atoms. The molecule has 1 atom stereocenters. The highest BCUT2D eigenvalue weighted by molar-refractivity contribution is 6.18. The molecule has 2 aromatic carbocycles. The van der Waals surface area contributed by atoms with Crippen molar-refractivity contribution in [3.63, 3.8) is 0 Å². The van der Waals surface area contributed by atoms with Crippen molar-refractivity contribution >= 4 is 17.6 Å². The quantitative estimate of drug-likeness (QED) is 0.418. The number of hydrogen-bond donors (Lipinski definition) is 1. The zero-order valence-electron chi connectivity index (χ0n) is 16.1. The molecule has 0 fully saturated rings. The number of rotatable bonds is 9. The Kier molecular flexibility index (Phi) is 7.59. The number of aromatic amines is 1. The number of esters is 1. The number of halogens is 1. The summed E-state index contributed by atoms with van der Waals surface area (Å²) >= 11 is 5.91. The number of aromatic nitrogens is 2. The SMILES string of the molecule is O=C(OCC(CCl)OCn1cc(Cc2ccccc2)c(=O)[nH]c1=O)c1ccccc1. The lowest BCUT2D eigenvalue weighted by molar-refractivity contribution is -0.0255. The molecule has 0 saturated carbocycles. The molecule has 0 spiro atoms. The molecule has 0 radical (unpaired) electrons. The second-order valence-electron chi connectivity index (χ2n) is 6.58. The smallest absolute Gasteiger partial charge is 0.338 e. The van der Waals surface area contributed by atoms with Crippen LogP contribution in [0, 0.1) is 0 Å². The van der Waals surface area contributed by atoms with Gasteiger partial charge in [0.1, 0.15) is 19.4 Å². The molecule has 0 aliphatic heterocycles. The Bertz CT molecular complexity index is 1080. The first-order valence-corrected chi connectivity index (χ1v) is 9.86. The molecule has 8 heteroatoms. The molecule has 0 aliphatic rings. The molecule has 1 heterocycles. The van der Waals surface area contributed by atoms with Crippen molar-refractivity contribution < 1.29 is 14.3 Å². The minimum absolute atomic E-state index is 0.0633. The number of hydrogen-bond acceptors (Lipinski definition) is 5. The Hall–Kier alpha value is -3.16. The van der Waals surface area contributed by atoms with Gasteiger partial charge in [0.15, 0.2) is 0 Å². The third-order valence-corrected chi connectivity index (χ3v) is 4.70. The number of nitrogens with zero attached hydrogens (tertiary/aromatic N) is 1. The van der Waals surface area contributed by atoms with Gasteiger partial charge < -0.3 is 9.47 Å². The van der Waals surface area contributed by atoms with Crippen molar-refractivity contribution in [1.82, 2.24) is 9.55 Å². The van der Waals surface area contributed by atoms with Crippen molar-refractivity contribution in [2.24, 2.45) is 0 Å². The highest BCUT2D eigenvalue weighted by atomic mass is 35.5. The molecule has 1 unspecified atom stereocenters. The zero-order chi connectivity index (χ0) is 21.3. The van der Waals surface area contributed by atoms with Crippen LogP contribution in [0.1, 0.15) is 21.5 Å². The molecule has 0 saturated heterocycles. The van der Waals surface area contributed by atoms with Crippen LogP contribution in [-0.4, -0.2) is 34.1 Å². The fraction of sp³-hybridized carbons (Fsp3) is 0.227. The monoisotopic (exact) mass is 428 g/mol. The Morgan fingerprint density at radius 2 is 1.70 bits per heavy atom. The van der Waals surface area contributed by atoms with Crippen LogP contribution < -0.4 is 11.2 Å². The number of benzene rings is 2. The fourth-order valence-electron chi connectivity index (χ4n) is 2.74. The van der Waals surface area contributed by atoms with Gasteiger partial charge in [-0.25, -0.2) is 9.59 Å². The fourth-order valence-corrected chi connectivity index (χ4v) is 2.92. The van der Waals surface area contributed by atoms with Crippen LogP contribution in [0.2, 0.25) is 0 Å². The first-order valence-electron chi connectivity index (χ1n) is 9.33. The number of nitrogens with one attached hydrogen (secondary N) is 1. The Morgan fingerprint density at radius 1 is 1.03 bits per heavy atom. The van der Waals surface area contributed by atoms with Gasteiger partial charge in [0.2, 0.25) is 0 Å². The van der Waals surface area contributed by atoms with E-state index in [2.05, 4.69) is 4.98 Å². The van der Waals surface area contributed by atoms with Crippen LogP contribution in [-0.2, 0) is 22.6 Å². The standard InChI is InChI=1S/C22H21ClN2O5/c23-12-19(14-29-21(27)17-9-5-2-6-10-17)30-15-25-13-18(20(26)24-22(25)28)11-16-7-3-1-4-8-16/h1-10,13,19H,11-12,14-15H2,(H,24,26,28). The summed E-state index contributed by atoms with van der Waals surface area (Å²) in [6.07, 6.45) is 1.23. The summed E-state index contributed by atoms with van der Waals surface area (Å²) in [6.45, 7) is -0.204. The second-order valence-corrected chi connectivity index (χ2v) is 6.89. The van der Waals surface area contributed by atoms with Gasteiger partial charge in [-0.15, -0.1) is 11.6 Å². The van der Waals surface area contributed by atoms with Crippen molar-refractivity contribution in [2.75, 3.05) is 12.5 Å². The molecule has 0 amide bonds. The van der Waals surface area contributed by atoms with E-state index in [1.807, 2.05) is 30.3 Å². The van der Waals surface area contributed by atoms with Crippen LogP contribution in [0.3, 0.4) is 0 Å². The molecular formula is C22H21ClN2O5. The number of carbonyl (C=O) groups excluding carboxylic acids is 1. The predicted molar refractivity (Wildman–Crippen MR) is 113 cm³/mol. The summed E-state index contributed by atoms with van der Waals surface area (Å²) < 4.78 is 12.1. The van der Waals surface area contributed by atoms with Gasteiger partial charge in [0, 0.05) is 18.2 Å². The highest BCUT2D eigenvalue weighted by Crippen LogP contribution is 2.06. The predicted octanol–water partition coefficient (Wildman–Crippen LogP) is 2.57. The summed E-state index contributed by atoms with van der Waals surface area (Å²) in [5.41, 5.74) is 0.772. The van der Waals surface area contributed by atoms with Gasteiger partial charge in [-0.3, -0.25) is 14.3 Å². The number of H-pyrrole nitrogens is 1. The maximum absolute atomic E-state index is 12.1. The highest BCUT2D eigenvalue weighted by Gasteiger charge is 2.14. The van der Waals surface area contributed by atoms with E-state index in [0.29, 0.717) is 17.5 Å². The van der Waals surface area contributed by atoms with Gasteiger partial charge in [-0.05, 0) is 17.7 Å². The summed E-state index contributed by atoms with van der Waals surface area (Å²) in [6, 6.07) is 18.0. The van der Waals surface area contributed by atoms with E-state index in [1.165, 1.54) is 10.8 Å². The van der Waals surface area contributed by atoms with E-state index in [0.717, 1.165) is 5.56 Å². The molecule has 0 aliphatic carbocycles. The minimum atomic E-state index is -0.615. The average Bonchev–Trinajstić information content (AvgIpc) is 2.77. The maximum atomic E-state index is 12.1. The molecule has 3 rings (SSSR count). The topological polar surface area (TPSA) is 90.4 Å². The van der Waals surface area contributed by atoms with Crippen molar-refractivity contribution in [3.8, 4) is 0 Å². The van der Waals surface area contributed by atoms with E-state index >= 15 is 0 Å². The first-order chi connectivity index (χ1) is 14.6. The summed E-state index contributed by atoms with van der Waals surface area (Å²) in [5.74, 6) is -0.419. The molecule has 1 N–H and O–H groups in total. The van der Waals surface area contributed by atoms with Crippen molar-refractivity contribution in [1.29, 1.82) is 0 Å². The zero-order valence-corrected chi connectivity index (χ0v) is 16.9. The van der Waals surface area contributed by atoms with E-state index in [1.54, 1.807) is 30.3 Å². The minimum Gasteiger partial charge on any atom is -0.459 e. The van der Waals surface area contributed by atoms with Crippen molar-refractivity contribution in [2.45, 2.75) is 19.3 Å². The van der Waals surface area contributed by atoms with Gasteiger partial charge >= 0.3 is 11.7 Å². The Balaban J connectivity index is 1.62. The van der Waals surface area contributed by atoms with Crippen LogP contribution in [0.4, 0.5) is 0 Å². The molecule has 3 aromatic rings. The van der Waals surface area contributed by atoms with Crippen molar-refractivity contribution in [3.05, 3.63) is 104 Å². The molecule has 156 valence electrons. The van der Waals surface area contributed by atoms with Crippen LogP contribution >= 0.6 is 11.6 Å². The van der Waals surface area contributed by atoms with Gasteiger partial charge in [0.05, 0.1) is 11.4 Å². The van der Waals surface area contributed by atoms with E-state index in [4.69, 9.17) is 21.1 Å². The second kappa shape index (κ2) is 10.6. The van der Waals surface area contributed by atoms with E-state index in [-0.39, 0.29) is 19.2 Å². The molecule has 1 aromatic heterocycles. The first kappa shape index (κ1) is 21.5. The summed E-state index contributed by atoms with van der Waals surface area (Å²) in [4.78, 5) is 38.5.